The van der Waals surface area contributed by atoms with Crippen LogP contribution in [0.1, 0.15) is 17.4 Å². The van der Waals surface area contributed by atoms with Gasteiger partial charge >= 0.3 is 5.97 Å². The van der Waals surface area contributed by atoms with Crippen LogP contribution in [-0.2, 0) is 4.74 Å². The van der Waals surface area contributed by atoms with Gasteiger partial charge in [0.05, 0.1) is 10.3 Å². The van der Waals surface area contributed by atoms with Gasteiger partial charge in [0, 0.05) is 0 Å². The van der Waals surface area contributed by atoms with E-state index in [4.69, 9.17) is 4.74 Å². The Hall–Kier alpha value is -0.630. The molecule has 4 nitrogen and oxygen atoms in total. The Morgan fingerprint density at radius 3 is 3.00 bits per heavy atom. The molecule has 0 aliphatic rings. The van der Waals surface area contributed by atoms with Crippen molar-refractivity contribution < 1.29 is 9.53 Å². The molecule has 0 aliphatic carbocycles. The van der Waals surface area contributed by atoms with Crippen LogP contribution in [0.15, 0.2) is 22.8 Å². The first kappa shape index (κ1) is 11.8. The summed E-state index contributed by atoms with van der Waals surface area (Å²) in [5.74, 6) is -0.408. The largest absolute Gasteiger partial charge is 0.461 e. The fourth-order valence-corrected chi connectivity index (χ4v) is 3.00. The predicted octanol–water partition coefficient (Wildman–Crippen LogP) is 2.88. The number of esters is 1. The Morgan fingerprint density at radius 1 is 1.62 bits per heavy atom. The molecule has 0 N–H and O–H groups in total. The van der Waals surface area contributed by atoms with E-state index in [0.29, 0.717) is 16.9 Å². The second-order valence-electron chi connectivity index (χ2n) is 3.01. The van der Waals surface area contributed by atoms with E-state index >= 15 is 0 Å². The lowest BCUT2D eigenvalue weighted by Gasteiger charge is -1.99. The van der Waals surface area contributed by atoms with Crippen molar-refractivity contribution in [3.8, 4) is 0 Å². The highest BCUT2D eigenvalue weighted by atomic mass is 127. The number of hydrogen-bond donors (Lipinski definition) is 0. The number of hydrogen-bond acceptors (Lipinski definition) is 3. The summed E-state index contributed by atoms with van der Waals surface area (Å²) in [7, 11) is 0. The van der Waals surface area contributed by atoms with Crippen LogP contribution in [0.3, 0.4) is 0 Å². The van der Waals surface area contributed by atoms with Gasteiger partial charge in [-0.1, -0.05) is 6.07 Å². The molecule has 2 heterocycles. The molecule has 0 bridgehead atoms. The van der Waals surface area contributed by atoms with Gasteiger partial charge in [-0.15, -0.1) is 0 Å². The second kappa shape index (κ2) is 4.70. The van der Waals surface area contributed by atoms with Crippen LogP contribution in [0.25, 0.3) is 5.65 Å². The Labute approximate surface area is 114 Å². The van der Waals surface area contributed by atoms with Crippen molar-refractivity contribution in [2.75, 3.05) is 6.61 Å². The standard InChI is InChI=1S/C10H8BrIN2O2/c1-2-16-10(15)8-9(11)14-6(12)4-3-5-7(14)13-8/h3-5H,2H2,1H3. The zero-order valence-electron chi connectivity index (χ0n) is 8.41. The summed E-state index contributed by atoms with van der Waals surface area (Å²) in [6.07, 6.45) is 0. The number of carbonyl (C=O) groups is 1. The SMILES string of the molecule is CCOC(=O)c1nc2cccc(I)n2c1Br. The minimum Gasteiger partial charge on any atom is -0.461 e. The highest BCUT2D eigenvalue weighted by Gasteiger charge is 2.18. The zero-order chi connectivity index (χ0) is 11.7. The molecular formula is C10H8BrIN2O2. The number of rotatable bonds is 2. The monoisotopic (exact) mass is 394 g/mol. The average Bonchev–Trinajstić information content (AvgIpc) is 2.58. The number of pyridine rings is 1. The first-order valence-electron chi connectivity index (χ1n) is 4.64. The van der Waals surface area contributed by atoms with Crippen LogP contribution < -0.4 is 0 Å². The zero-order valence-corrected chi connectivity index (χ0v) is 12.1. The Kier molecular flexibility index (Phi) is 3.48. The lowest BCUT2D eigenvalue weighted by Crippen LogP contribution is -2.05. The summed E-state index contributed by atoms with van der Waals surface area (Å²) in [4.78, 5) is 15.8. The molecule has 0 radical (unpaired) electrons. The molecule has 0 saturated carbocycles. The normalized spacial score (nSPS) is 10.7. The molecule has 0 aromatic carbocycles. The second-order valence-corrected chi connectivity index (χ2v) is 4.87. The summed E-state index contributed by atoms with van der Waals surface area (Å²) in [5, 5.41) is 0. The molecule has 2 aromatic heterocycles. The number of carbonyl (C=O) groups excluding carboxylic acids is 1. The molecule has 0 amide bonds. The van der Waals surface area contributed by atoms with E-state index in [1.54, 1.807) is 6.92 Å². The van der Waals surface area contributed by atoms with Gasteiger partial charge in [0.25, 0.3) is 0 Å². The highest BCUT2D eigenvalue weighted by Crippen LogP contribution is 2.22. The fraction of sp³-hybridized carbons (Fsp3) is 0.200. The molecule has 0 spiro atoms. The molecule has 6 heteroatoms. The number of halogens is 2. The van der Waals surface area contributed by atoms with Gasteiger partial charge in [0.1, 0.15) is 10.3 Å². The molecule has 2 aromatic rings. The molecule has 0 atom stereocenters. The van der Waals surface area contributed by atoms with Crippen molar-refractivity contribution in [1.82, 2.24) is 9.38 Å². The highest BCUT2D eigenvalue weighted by molar-refractivity contribution is 14.1. The number of aromatic nitrogens is 2. The van der Waals surface area contributed by atoms with Crippen LogP contribution in [0.5, 0.6) is 0 Å². The van der Waals surface area contributed by atoms with E-state index in [9.17, 15) is 4.79 Å². The molecule has 0 saturated heterocycles. The van der Waals surface area contributed by atoms with Gasteiger partial charge in [0.15, 0.2) is 5.69 Å². The number of fused-ring (bicyclic) bond motifs is 1. The Bertz CT molecular complexity index is 553. The lowest BCUT2D eigenvalue weighted by molar-refractivity contribution is 0.0519. The quantitative estimate of drug-likeness (QED) is 0.447. The molecule has 2 rings (SSSR count). The van der Waals surface area contributed by atoms with Crippen molar-refractivity contribution in [2.45, 2.75) is 6.92 Å². The van der Waals surface area contributed by atoms with E-state index in [0.717, 1.165) is 9.35 Å². The number of nitrogens with zero attached hydrogens (tertiary/aromatic N) is 2. The molecule has 16 heavy (non-hydrogen) atoms. The topological polar surface area (TPSA) is 43.6 Å². The number of ether oxygens (including phenoxy) is 1. The van der Waals surface area contributed by atoms with Crippen molar-refractivity contribution >= 4 is 50.1 Å². The van der Waals surface area contributed by atoms with Crippen molar-refractivity contribution in [2.24, 2.45) is 0 Å². The lowest BCUT2D eigenvalue weighted by atomic mass is 10.5. The summed E-state index contributed by atoms with van der Waals surface area (Å²) < 4.78 is 8.39. The van der Waals surface area contributed by atoms with Crippen molar-refractivity contribution in [3.05, 3.63) is 32.2 Å². The van der Waals surface area contributed by atoms with Crippen LogP contribution in [-0.4, -0.2) is 22.0 Å². The Balaban J connectivity index is 2.61. The minimum absolute atomic E-state index is 0.311. The van der Waals surface area contributed by atoms with Crippen LogP contribution in [0.2, 0.25) is 0 Å². The third-order valence-electron chi connectivity index (χ3n) is 2.01. The third-order valence-corrected chi connectivity index (χ3v) is 3.58. The summed E-state index contributed by atoms with van der Waals surface area (Å²) in [5.41, 5.74) is 1.03. The van der Waals surface area contributed by atoms with Gasteiger partial charge in [-0.05, 0) is 57.6 Å². The molecule has 84 valence electrons. The molecule has 0 unspecified atom stereocenters. The van der Waals surface area contributed by atoms with Gasteiger partial charge in [-0.3, -0.25) is 4.40 Å². The predicted molar refractivity (Wildman–Crippen MR) is 71.6 cm³/mol. The molecule has 0 fully saturated rings. The van der Waals surface area contributed by atoms with E-state index in [-0.39, 0.29) is 0 Å². The van der Waals surface area contributed by atoms with Gasteiger partial charge in [0.2, 0.25) is 0 Å². The first-order chi connectivity index (χ1) is 7.65. The number of imidazole rings is 1. The average molecular weight is 395 g/mol. The van der Waals surface area contributed by atoms with Crippen LogP contribution in [0, 0.1) is 3.70 Å². The van der Waals surface area contributed by atoms with E-state index in [1.165, 1.54) is 0 Å². The third kappa shape index (κ3) is 1.95. The van der Waals surface area contributed by atoms with Gasteiger partial charge in [-0.2, -0.15) is 0 Å². The summed E-state index contributed by atoms with van der Waals surface area (Å²) in [6.45, 7) is 2.11. The van der Waals surface area contributed by atoms with E-state index < -0.39 is 5.97 Å². The minimum atomic E-state index is -0.408. The van der Waals surface area contributed by atoms with Crippen molar-refractivity contribution in [1.29, 1.82) is 0 Å². The van der Waals surface area contributed by atoms with E-state index in [2.05, 4.69) is 43.5 Å². The maximum Gasteiger partial charge on any atom is 0.359 e. The van der Waals surface area contributed by atoms with Crippen LogP contribution >= 0.6 is 38.5 Å². The maximum absolute atomic E-state index is 11.6. The molecular weight excluding hydrogens is 387 g/mol. The van der Waals surface area contributed by atoms with Crippen molar-refractivity contribution in [3.63, 3.8) is 0 Å². The summed E-state index contributed by atoms with van der Waals surface area (Å²) in [6, 6.07) is 5.68. The van der Waals surface area contributed by atoms with Crippen LogP contribution in [0.4, 0.5) is 0 Å². The van der Waals surface area contributed by atoms with Gasteiger partial charge in [-0.25, -0.2) is 9.78 Å². The van der Waals surface area contributed by atoms with E-state index in [1.807, 2.05) is 22.6 Å². The van der Waals surface area contributed by atoms with Gasteiger partial charge < -0.3 is 4.74 Å². The fourth-order valence-electron chi connectivity index (χ4n) is 1.35. The smallest absolute Gasteiger partial charge is 0.359 e. The first-order valence-corrected chi connectivity index (χ1v) is 6.52. The molecule has 0 aliphatic heterocycles. The summed E-state index contributed by atoms with van der Waals surface area (Å²) >= 11 is 5.55. The Morgan fingerprint density at radius 2 is 2.38 bits per heavy atom. The maximum atomic E-state index is 11.6.